The highest BCUT2D eigenvalue weighted by atomic mass is 32.2. The first kappa shape index (κ1) is 13.9. The number of carboxylic acids is 1. The Bertz CT molecular complexity index is 406. The predicted molar refractivity (Wildman–Crippen MR) is 56.8 cm³/mol. The van der Waals surface area contributed by atoms with Gasteiger partial charge in [0.2, 0.25) is 10.0 Å². The van der Waals surface area contributed by atoms with E-state index in [2.05, 4.69) is 10.1 Å². The van der Waals surface area contributed by atoms with E-state index in [1.165, 1.54) is 0 Å². The van der Waals surface area contributed by atoms with E-state index in [0.717, 1.165) is 11.4 Å². The number of carbonyl (C=O) groups excluding carboxylic acids is 1. The van der Waals surface area contributed by atoms with Crippen LogP contribution in [0.15, 0.2) is 0 Å². The summed E-state index contributed by atoms with van der Waals surface area (Å²) in [5.74, 6) is -2.99. The third-order valence-electron chi connectivity index (χ3n) is 2.36. The summed E-state index contributed by atoms with van der Waals surface area (Å²) in [4.78, 5) is 21.9. The second-order valence-corrected chi connectivity index (χ2v) is 5.42. The maximum atomic E-state index is 11.8. The molecule has 98 valence electrons. The van der Waals surface area contributed by atoms with E-state index in [0.29, 0.717) is 6.54 Å². The van der Waals surface area contributed by atoms with E-state index in [-0.39, 0.29) is 13.1 Å². The van der Waals surface area contributed by atoms with E-state index < -0.39 is 33.8 Å². The molecule has 8 nitrogen and oxygen atoms in total. The van der Waals surface area contributed by atoms with Crippen molar-refractivity contribution in [3.63, 3.8) is 0 Å². The normalized spacial score (nSPS) is 22.1. The maximum absolute atomic E-state index is 11.8. The number of methoxy groups -OCH3 is 1. The number of aliphatic carboxylic acids is 1. The van der Waals surface area contributed by atoms with E-state index in [9.17, 15) is 18.0 Å². The monoisotopic (exact) mass is 266 g/mol. The van der Waals surface area contributed by atoms with Crippen LogP contribution in [0.5, 0.6) is 0 Å². The molecular weight excluding hydrogens is 252 g/mol. The molecule has 1 unspecified atom stereocenters. The Balaban J connectivity index is 2.87. The molecule has 9 heteroatoms. The maximum Gasteiger partial charge on any atom is 0.323 e. The fourth-order valence-electron chi connectivity index (χ4n) is 1.52. The number of sulfonamides is 1. The number of piperazine rings is 1. The number of esters is 1. The number of nitrogens with one attached hydrogen (secondary N) is 1. The van der Waals surface area contributed by atoms with Crippen molar-refractivity contribution in [2.24, 2.45) is 0 Å². The molecule has 0 spiro atoms. The minimum absolute atomic E-state index is 0.0235. The Morgan fingerprint density at radius 2 is 2.18 bits per heavy atom. The van der Waals surface area contributed by atoms with Crippen molar-refractivity contribution in [2.75, 3.05) is 32.5 Å². The second kappa shape index (κ2) is 5.43. The third-order valence-corrected chi connectivity index (χ3v) is 4.12. The zero-order valence-electron chi connectivity index (χ0n) is 9.25. The van der Waals surface area contributed by atoms with Crippen LogP contribution in [-0.2, 0) is 24.3 Å². The molecule has 0 aromatic rings. The van der Waals surface area contributed by atoms with E-state index in [1.807, 2.05) is 0 Å². The van der Waals surface area contributed by atoms with Crippen LogP contribution in [0.3, 0.4) is 0 Å². The van der Waals surface area contributed by atoms with Gasteiger partial charge in [0.25, 0.3) is 0 Å². The molecule has 0 radical (unpaired) electrons. The first-order chi connectivity index (χ1) is 7.88. The molecule has 0 aromatic carbocycles. The van der Waals surface area contributed by atoms with Gasteiger partial charge >= 0.3 is 11.9 Å². The lowest BCUT2D eigenvalue weighted by Crippen LogP contribution is -2.57. The summed E-state index contributed by atoms with van der Waals surface area (Å²) < 4.78 is 28.7. The van der Waals surface area contributed by atoms with Gasteiger partial charge < -0.3 is 15.2 Å². The third kappa shape index (κ3) is 3.38. The minimum Gasteiger partial charge on any atom is -0.480 e. The second-order valence-electron chi connectivity index (χ2n) is 3.50. The average molecular weight is 266 g/mol. The van der Waals surface area contributed by atoms with Crippen LogP contribution >= 0.6 is 0 Å². The van der Waals surface area contributed by atoms with Crippen LogP contribution in [0.1, 0.15) is 0 Å². The van der Waals surface area contributed by atoms with Gasteiger partial charge in [0.1, 0.15) is 6.04 Å². The quantitative estimate of drug-likeness (QED) is 0.557. The zero-order chi connectivity index (χ0) is 13.1. The van der Waals surface area contributed by atoms with E-state index in [4.69, 9.17) is 5.11 Å². The molecule has 1 aliphatic heterocycles. The first-order valence-corrected chi connectivity index (χ1v) is 6.49. The van der Waals surface area contributed by atoms with Crippen LogP contribution in [0, 0.1) is 0 Å². The topological polar surface area (TPSA) is 113 Å². The molecule has 1 saturated heterocycles. The van der Waals surface area contributed by atoms with Crippen LogP contribution in [0.2, 0.25) is 0 Å². The molecule has 0 saturated carbocycles. The average Bonchev–Trinajstić information content (AvgIpc) is 2.28. The lowest BCUT2D eigenvalue weighted by molar-refractivity contribution is -0.142. The van der Waals surface area contributed by atoms with E-state index in [1.54, 1.807) is 0 Å². The van der Waals surface area contributed by atoms with Crippen molar-refractivity contribution < 1.29 is 27.9 Å². The van der Waals surface area contributed by atoms with Crippen LogP contribution < -0.4 is 5.32 Å². The van der Waals surface area contributed by atoms with Crippen LogP contribution in [-0.4, -0.2) is 68.3 Å². The van der Waals surface area contributed by atoms with Gasteiger partial charge in [0.05, 0.1) is 7.11 Å². The number of rotatable bonds is 4. The molecule has 0 bridgehead atoms. The SMILES string of the molecule is COC(=O)CS(=O)(=O)N1CCNCC1C(=O)O. The Kier molecular flexibility index (Phi) is 4.43. The Morgan fingerprint density at radius 3 is 2.71 bits per heavy atom. The molecule has 17 heavy (non-hydrogen) atoms. The summed E-state index contributed by atoms with van der Waals surface area (Å²) in [6.45, 7) is 0.399. The number of hydrogen-bond donors (Lipinski definition) is 2. The number of nitrogens with zero attached hydrogens (tertiary/aromatic N) is 1. The smallest absolute Gasteiger partial charge is 0.323 e. The summed E-state index contributed by atoms with van der Waals surface area (Å²) in [5.41, 5.74) is 0. The molecule has 1 atom stereocenters. The molecule has 0 amide bonds. The molecule has 1 heterocycles. The highest BCUT2D eigenvalue weighted by Crippen LogP contribution is 2.11. The fourth-order valence-corrected chi connectivity index (χ4v) is 3.02. The Morgan fingerprint density at radius 1 is 1.53 bits per heavy atom. The summed E-state index contributed by atoms with van der Waals surface area (Å²) in [6, 6.07) is -1.18. The van der Waals surface area contributed by atoms with Gasteiger partial charge in [-0.25, -0.2) is 8.42 Å². The standard InChI is InChI=1S/C8H14N2O6S/c1-16-7(11)5-17(14,15)10-3-2-9-4-6(10)8(12)13/h6,9H,2-5H2,1H3,(H,12,13). The van der Waals surface area contributed by atoms with Gasteiger partial charge in [-0.15, -0.1) is 0 Å². The zero-order valence-corrected chi connectivity index (χ0v) is 10.1. The van der Waals surface area contributed by atoms with Crippen molar-refractivity contribution in [1.82, 2.24) is 9.62 Å². The van der Waals surface area contributed by atoms with Gasteiger partial charge in [-0.2, -0.15) is 4.31 Å². The highest BCUT2D eigenvalue weighted by Gasteiger charge is 2.37. The molecule has 0 aromatic heterocycles. The fraction of sp³-hybridized carbons (Fsp3) is 0.750. The summed E-state index contributed by atoms with van der Waals surface area (Å²) in [6.07, 6.45) is 0. The van der Waals surface area contributed by atoms with Crippen molar-refractivity contribution in [3.05, 3.63) is 0 Å². The lowest BCUT2D eigenvalue weighted by atomic mass is 10.2. The number of hydrogen-bond acceptors (Lipinski definition) is 6. The van der Waals surface area contributed by atoms with Gasteiger partial charge in [0.15, 0.2) is 5.75 Å². The Hall–Kier alpha value is -1.19. The predicted octanol–water partition coefficient (Wildman–Crippen LogP) is -2.15. The largest absolute Gasteiger partial charge is 0.480 e. The number of carbonyl (C=O) groups is 2. The lowest BCUT2D eigenvalue weighted by Gasteiger charge is -2.31. The van der Waals surface area contributed by atoms with Gasteiger partial charge in [-0.3, -0.25) is 9.59 Å². The first-order valence-electron chi connectivity index (χ1n) is 4.88. The summed E-state index contributed by atoms with van der Waals surface area (Å²) in [5, 5.41) is 11.7. The van der Waals surface area contributed by atoms with Gasteiger partial charge in [-0.1, -0.05) is 0 Å². The molecular formula is C8H14N2O6S. The molecule has 2 N–H and O–H groups in total. The molecule has 1 fully saturated rings. The summed E-state index contributed by atoms with van der Waals surface area (Å²) >= 11 is 0. The van der Waals surface area contributed by atoms with Crippen molar-refractivity contribution in [3.8, 4) is 0 Å². The van der Waals surface area contributed by atoms with Crippen LogP contribution in [0.25, 0.3) is 0 Å². The van der Waals surface area contributed by atoms with Crippen LogP contribution in [0.4, 0.5) is 0 Å². The minimum atomic E-state index is -3.95. The van der Waals surface area contributed by atoms with Crippen molar-refractivity contribution in [1.29, 1.82) is 0 Å². The van der Waals surface area contributed by atoms with Gasteiger partial charge in [0, 0.05) is 19.6 Å². The molecule has 1 rings (SSSR count). The van der Waals surface area contributed by atoms with Crippen molar-refractivity contribution in [2.45, 2.75) is 6.04 Å². The number of carboxylic acid groups (broad SMARTS) is 1. The van der Waals surface area contributed by atoms with E-state index >= 15 is 0 Å². The highest BCUT2D eigenvalue weighted by molar-refractivity contribution is 7.89. The van der Waals surface area contributed by atoms with Gasteiger partial charge in [-0.05, 0) is 0 Å². The van der Waals surface area contributed by atoms with Crippen molar-refractivity contribution >= 4 is 22.0 Å². The molecule has 0 aliphatic carbocycles. The summed E-state index contributed by atoms with van der Waals surface area (Å²) in [7, 11) is -2.88. The Labute approximate surface area is 98.6 Å². The molecule has 1 aliphatic rings. The number of ether oxygens (including phenoxy) is 1.